The van der Waals surface area contributed by atoms with Gasteiger partial charge in [-0.2, -0.15) is 0 Å². The Kier molecular flexibility index (Phi) is 5.70. The van der Waals surface area contributed by atoms with Gasteiger partial charge in [0.1, 0.15) is 0 Å². The Bertz CT molecular complexity index is 784. The lowest BCUT2D eigenvalue weighted by molar-refractivity contribution is 0.0378. The maximum Gasteiger partial charge on any atom is 0.338 e. The van der Waals surface area contributed by atoms with Gasteiger partial charge in [0.15, 0.2) is 0 Å². The van der Waals surface area contributed by atoms with Crippen LogP contribution in [0.5, 0.6) is 0 Å². The van der Waals surface area contributed by atoms with Gasteiger partial charge in [-0.25, -0.2) is 9.78 Å². The van der Waals surface area contributed by atoms with E-state index in [0.29, 0.717) is 22.5 Å². The first-order valence-electron chi connectivity index (χ1n) is 7.69. The van der Waals surface area contributed by atoms with E-state index in [1.165, 1.54) is 0 Å². The fourth-order valence-corrected chi connectivity index (χ4v) is 2.22. The number of hydrogen-bond acceptors (Lipinski definition) is 6. The first kappa shape index (κ1) is 17.7. The number of carbonyl (C=O) groups excluding carboxylic acids is 1. The molecular formula is C17H21N3O4. The summed E-state index contributed by atoms with van der Waals surface area (Å²) in [6, 6.07) is 6.75. The van der Waals surface area contributed by atoms with Crippen LogP contribution in [0.25, 0.3) is 0 Å². The van der Waals surface area contributed by atoms with Crippen LogP contribution in [-0.4, -0.2) is 33.8 Å². The zero-order valence-electron chi connectivity index (χ0n) is 13.9. The molecule has 0 saturated carbocycles. The number of aromatic amines is 1. The minimum atomic E-state index is -0.412. The van der Waals surface area contributed by atoms with E-state index in [1.54, 1.807) is 45.0 Å². The number of H-pyrrole nitrogens is 1. The van der Waals surface area contributed by atoms with Crippen LogP contribution in [-0.2, 0) is 11.2 Å². The molecule has 0 amide bonds. The minimum absolute atomic E-state index is 0.113. The second-order valence-electron chi connectivity index (χ2n) is 5.61. The van der Waals surface area contributed by atoms with Crippen LogP contribution in [0.3, 0.4) is 0 Å². The molecule has 0 aliphatic heterocycles. The van der Waals surface area contributed by atoms with E-state index in [4.69, 9.17) is 9.84 Å². The zero-order chi connectivity index (χ0) is 17.7. The molecule has 24 heavy (non-hydrogen) atoms. The van der Waals surface area contributed by atoms with Crippen LogP contribution < -0.4 is 10.9 Å². The van der Waals surface area contributed by atoms with E-state index < -0.39 is 5.97 Å². The second kappa shape index (κ2) is 7.74. The van der Waals surface area contributed by atoms with E-state index in [2.05, 4.69) is 15.3 Å². The molecule has 1 aromatic heterocycles. The summed E-state index contributed by atoms with van der Waals surface area (Å²) in [5.41, 5.74) is 1.72. The smallest absolute Gasteiger partial charge is 0.338 e. The summed E-state index contributed by atoms with van der Waals surface area (Å²) in [5, 5.41) is 11.9. The molecule has 0 aliphatic rings. The molecule has 0 atom stereocenters. The number of hydrogen-bond donors (Lipinski definition) is 3. The van der Waals surface area contributed by atoms with E-state index in [1.807, 2.05) is 0 Å². The van der Waals surface area contributed by atoms with Gasteiger partial charge in [-0.3, -0.25) is 9.78 Å². The molecule has 1 aromatic carbocycles. The Balaban J connectivity index is 2.23. The Morgan fingerprint density at radius 3 is 2.79 bits per heavy atom. The third-order valence-corrected chi connectivity index (χ3v) is 3.29. The third-order valence-electron chi connectivity index (χ3n) is 3.29. The van der Waals surface area contributed by atoms with E-state index in [9.17, 15) is 9.59 Å². The van der Waals surface area contributed by atoms with Crippen LogP contribution >= 0.6 is 0 Å². The van der Waals surface area contributed by atoms with Gasteiger partial charge in [0.25, 0.3) is 5.56 Å². The van der Waals surface area contributed by atoms with E-state index >= 15 is 0 Å². The van der Waals surface area contributed by atoms with Gasteiger partial charge in [-0.15, -0.1) is 0 Å². The molecule has 0 saturated heterocycles. The molecule has 0 radical (unpaired) electrons. The number of nitrogens with one attached hydrogen (secondary N) is 2. The number of aliphatic hydroxyl groups excluding tert-OH is 1. The molecule has 3 N–H and O–H groups in total. The Hall–Kier alpha value is -2.67. The zero-order valence-corrected chi connectivity index (χ0v) is 13.9. The van der Waals surface area contributed by atoms with Crippen molar-refractivity contribution < 1.29 is 14.6 Å². The summed E-state index contributed by atoms with van der Waals surface area (Å²) in [4.78, 5) is 30.9. The highest BCUT2D eigenvalue weighted by Crippen LogP contribution is 2.16. The largest absolute Gasteiger partial charge is 0.459 e. The predicted octanol–water partition coefficient (Wildman–Crippen LogP) is 1.92. The number of nitrogens with zero attached hydrogens (tertiary/aromatic N) is 1. The molecular weight excluding hydrogens is 310 g/mol. The Morgan fingerprint density at radius 2 is 2.17 bits per heavy atom. The average Bonchev–Trinajstić information content (AvgIpc) is 2.50. The standard InChI is InChI=1S/C17H21N3O4/c1-10(2)24-16(23)12-5-4-6-13(9-12)19-17-18-11(3)14(7-8-21)15(22)20-17/h4-6,9-10,21H,7-8H2,1-3H3,(H2,18,19,20,22). The number of aromatic nitrogens is 2. The Labute approximate surface area is 139 Å². The highest BCUT2D eigenvalue weighted by atomic mass is 16.5. The van der Waals surface area contributed by atoms with Gasteiger partial charge in [0, 0.05) is 24.3 Å². The van der Waals surface area contributed by atoms with Crippen LogP contribution in [0.15, 0.2) is 29.1 Å². The van der Waals surface area contributed by atoms with Crippen molar-refractivity contribution in [2.45, 2.75) is 33.3 Å². The number of esters is 1. The van der Waals surface area contributed by atoms with E-state index in [0.717, 1.165) is 0 Å². The van der Waals surface area contributed by atoms with Crippen LogP contribution in [0.4, 0.5) is 11.6 Å². The van der Waals surface area contributed by atoms with Gasteiger partial charge >= 0.3 is 5.97 Å². The van der Waals surface area contributed by atoms with Crippen molar-refractivity contribution in [3.8, 4) is 0 Å². The van der Waals surface area contributed by atoms with Crippen molar-refractivity contribution in [1.29, 1.82) is 0 Å². The van der Waals surface area contributed by atoms with Crippen molar-refractivity contribution in [3.63, 3.8) is 0 Å². The summed E-state index contributed by atoms with van der Waals surface area (Å²) in [7, 11) is 0. The lowest BCUT2D eigenvalue weighted by atomic mass is 10.2. The highest BCUT2D eigenvalue weighted by molar-refractivity contribution is 5.90. The lowest BCUT2D eigenvalue weighted by Crippen LogP contribution is -2.19. The summed E-state index contributed by atoms with van der Waals surface area (Å²) in [6.07, 6.45) is 0.0548. The lowest BCUT2D eigenvalue weighted by Gasteiger charge is -2.11. The topological polar surface area (TPSA) is 104 Å². The number of anilines is 2. The molecule has 0 bridgehead atoms. The second-order valence-corrected chi connectivity index (χ2v) is 5.61. The fraction of sp³-hybridized carbons (Fsp3) is 0.353. The van der Waals surface area contributed by atoms with Gasteiger partial charge in [0.05, 0.1) is 17.4 Å². The van der Waals surface area contributed by atoms with Crippen LogP contribution in [0.1, 0.15) is 35.5 Å². The molecule has 7 nitrogen and oxygen atoms in total. The number of aryl methyl sites for hydroxylation is 1. The fourth-order valence-electron chi connectivity index (χ4n) is 2.22. The number of aliphatic hydroxyl groups is 1. The number of rotatable bonds is 6. The summed E-state index contributed by atoms with van der Waals surface area (Å²) in [5.74, 6) is -0.141. The molecule has 128 valence electrons. The Morgan fingerprint density at radius 1 is 1.42 bits per heavy atom. The average molecular weight is 331 g/mol. The van der Waals surface area contributed by atoms with Gasteiger partial charge < -0.3 is 15.2 Å². The van der Waals surface area contributed by atoms with Crippen molar-refractivity contribution in [2.24, 2.45) is 0 Å². The first-order valence-corrected chi connectivity index (χ1v) is 7.69. The number of carbonyl (C=O) groups is 1. The normalized spacial score (nSPS) is 10.7. The monoisotopic (exact) mass is 331 g/mol. The first-order chi connectivity index (χ1) is 11.4. The molecule has 0 fully saturated rings. The summed E-state index contributed by atoms with van der Waals surface area (Å²) >= 11 is 0. The molecule has 7 heteroatoms. The number of ether oxygens (including phenoxy) is 1. The van der Waals surface area contributed by atoms with Crippen LogP contribution in [0, 0.1) is 6.92 Å². The van der Waals surface area contributed by atoms with E-state index in [-0.39, 0.29) is 30.6 Å². The molecule has 2 aromatic rings. The SMILES string of the molecule is Cc1nc(Nc2cccc(C(=O)OC(C)C)c2)[nH]c(=O)c1CCO. The van der Waals surface area contributed by atoms with Gasteiger partial charge in [-0.1, -0.05) is 6.07 Å². The minimum Gasteiger partial charge on any atom is -0.459 e. The van der Waals surface area contributed by atoms with Crippen LogP contribution in [0.2, 0.25) is 0 Å². The maximum absolute atomic E-state index is 12.0. The quantitative estimate of drug-likeness (QED) is 0.699. The molecule has 1 heterocycles. The highest BCUT2D eigenvalue weighted by Gasteiger charge is 2.11. The third kappa shape index (κ3) is 4.42. The van der Waals surface area contributed by atoms with Gasteiger partial charge in [-0.05, 0) is 39.0 Å². The number of benzene rings is 1. The summed E-state index contributed by atoms with van der Waals surface area (Å²) in [6.45, 7) is 5.16. The molecule has 0 spiro atoms. The maximum atomic E-state index is 12.0. The molecule has 0 aliphatic carbocycles. The van der Waals surface area contributed by atoms with Crippen molar-refractivity contribution in [3.05, 3.63) is 51.4 Å². The molecule has 0 unspecified atom stereocenters. The predicted molar refractivity (Wildman–Crippen MR) is 90.7 cm³/mol. The molecule has 2 rings (SSSR count). The van der Waals surface area contributed by atoms with Crippen molar-refractivity contribution >= 4 is 17.6 Å². The summed E-state index contributed by atoms with van der Waals surface area (Å²) < 4.78 is 5.16. The van der Waals surface area contributed by atoms with Crippen molar-refractivity contribution in [2.75, 3.05) is 11.9 Å². The van der Waals surface area contributed by atoms with Gasteiger partial charge in [0.2, 0.25) is 5.95 Å². The van der Waals surface area contributed by atoms with Crippen molar-refractivity contribution in [1.82, 2.24) is 9.97 Å².